The quantitative estimate of drug-likeness (QED) is 0.438. The first-order chi connectivity index (χ1) is 7.49. The van der Waals surface area contributed by atoms with Gasteiger partial charge >= 0.3 is 0 Å². The molecule has 0 aliphatic rings. The number of carbonyl (C=O) groups excluding carboxylic acids is 1. The number of carbonyl (C=O) groups is 1. The second-order valence-corrected chi connectivity index (χ2v) is 3.38. The molecule has 84 valence electrons. The van der Waals surface area contributed by atoms with Crippen molar-refractivity contribution in [3.8, 4) is 11.8 Å². The summed E-state index contributed by atoms with van der Waals surface area (Å²) in [5, 5.41) is 27.2. The number of rotatable bonds is 4. The molecule has 0 radical (unpaired) electrons. The molecular formula is C11H11NO4. The van der Waals surface area contributed by atoms with Gasteiger partial charge in [0.25, 0.3) is 0 Å². The number of nitriles is 1. The van der Waals surface area contributed by atoms with Crippen molar-refractivity contribution in [2.24, 2.45) is 0 Å². The van der Waals surface area contributed by atoms with Gasteiger partial charge in [0.15, 0.2) is 0 Å². The molecule has 0 spiro atoms. The van der Waals surface area contributed by atoms with Crippen LogP contribution in [-0.4, -0.2) is 28.4 Å². The maximum atomic E-state index is 10.4. The first-order valence-corrected chi connectivity index (χ1v) is 4.54. The summed E-state index contributed by atoms with van der Waals surface area (Å²) in [6.07, 6.45) is -0.982. The van der Waals surface area contributed by atoms with Crippen molar-refractivity contribution in [2.45, 2.75) is 18.8 Å². The lowest BCUT2D eigenvalue weighted by atomic mass is 10.2. The third-order valence-electron chi connectivity index (χ3n) is 1.97. The molecule has 5 nitrogen and oxygen atoms in total. The predicted octanol–water partition coefficient (Wildman–Crippen LogP) is 0.471. The number of aliphatic hydroxyl groups excluding tert-OH is 1. The van der Waals surface area contributed by atoms with E-state index in [1.165, 1.54) is 37.3 Å². The van der Waals surface area contributed by atoms with E-state index in [1.54, 1.807) is 0 Å². The largest absolute Gasteiger partial charge is 0.459 e. The third kappa shape index (κ3) is 2.79. The summed E-state index contributed by atoms with van der Waals surface area (Å²) in [6.45, 7) is 1.18. The summed E-state index contributed by atoms with van der Waals surface area (Å²) >= 11 is 0. The molecule has 0 amide bonds. The summed E-state index contributed by atoms with van der Waals surface area (Å²) in [6, 6.07) is 7.39. The topological polar surface area (TPSA) is 90.6 Å². The van der Waals surface area contributed by atoms with Crippen molar-refractivity contribution >= 4 is 6.29 Å². The second-order valence-electron chi connectivity index (χ2n) is 3.38. The molecule has 0 bridgehead atoms. The Kier molecular flexibility index (Phi) is 3.61. The fourth-order valence-corrected chi connectivity index (χ4v) is 1.03. The highest BCUT2D eigenvalue weighted by molar-refractivity contribution is 5.74. The Morgan fingerprint density at radius 3 is 2.50 bits per heavy atom. The van der Waals surface area contributed by atoms with Crippen LogP contribution >= 0.6 is 0 Å². The summed E-state index contributed by atoms with van der Waals surface area (Å²) in [7, 11) is 0. The van der Waals surface area contributed by atoms with Crippen LogP contribution in [0.4, 0.5) is 0 Å². The maximum Gasteiger partial charge on any atom is 0.245 e. The lowest BCUT2D eigenvalue weighted by Crippen LogP contribution is -2.43. The molecule has 2 N–H and O–H groups in total. The highest BCUT2D eigenvalue weighted by Gasteiger charge is 2.32. The number of aldehydes is 1. The number of hydrogen-bond acceptors (Lipinski definition) is 5. The van der Waals surface area contributed by atoms with Crippen LogP contribution in [0.5, 0.6) is 5.75 Å². The maximum absolute atomic E-state index is 10.4. The van der Waals surface area contributed by atoms with Crippen LogP contribution in [0.25, 0.3) is 0 Å². The molecule has 0 saturated heterocycles. The molecule has 0 fully saturated rings. The minimum absolute atomic E-state index is 0.255. The van der Waals surface area contributed by atoms with Gasteiger partial charge in [-0.3, -0.25) is 4.79 Å². The minimum Gasteiger partial charge on any atom is -0.459 e. The van der Waals surface area contributed by atoms with Gasteiger partial charge in [-0.05, 0) is 24.3 Å². The van der Waals surface area contributed by atoms with Gasteiger partial charge in [0, 0.05) is 12.5 Å². The number of aliphatic hydroxyl groups is 2. The average Bonchev–Trinajstić information content (AvgIpc) is 2.28. The molecule has 1 rings (SSSR count). The van der Waals surface area contributed by atoms with Crippen molar-refractivity contribution in [3.63, 3.8) is 0 Å². The summed E-state index contributed by atoms with van der Waals surface area (Å²) in [5.74, 6) is -1.73. The van der Waals surface area contributed by atoms with Crippen molar-refractivity contribution in [1.82, 2.24) is 0 Å². The van der Waals surface area contributed by atoms with Gasteiger partial charge < -0.3 is 14.9 Å². The Hall–Kier alpha value is -1.90. The molecule has 2 atom stereocenters. The van der Waals surface area contributed by atoms with Crippen molar-refractivity contribution in [2.75, 3.05) is 0 Å². The zero-order valence-corrected chi connectivity index (χ0v) is 8.62. The van der Waals surface area contributed by atoms with Crippen molar-refractivity contribution in [1.29, 1.82) is 5.26 Å². The van der Waals surface area contributed by atoms with E-state index in [0.29, 0.717) is 11.8 Å². The Morgan fingerprint density at radius 2 is 2.06 bits per heavy atom. The van der Waals surface area contributed by atoms with Gasteiger partial charge in [0.05, 0.1) is 0 Å². The number of hydrogen-bond donors (Lipinski definition) is 2. The predicted molar refractivity (Wildman–Crippen MR) is 54.7 cm³/mol. The summed E-state index contributed by atoms with van der Waals surface area (Å²) in [4.78, 5) is 10.4. The standard InChI is InChI=1S/C11H11NO4/c1-11(15,10(14)6-12)16-9-4-2-8(7-13)3-5-9/h2-5,7,10,14-15H,1H3. The Bertz CT molecular complexity index is 405. The number of benzene rings is 1. The summed E-state index contributed by atoms with van der Waals surface area (Å²) < 4.78 is 5.02. The molecule has 0 aromatic heterocycles. The van der Waals surface area contributed by atoms with Crippen molar-refractivity contribution < 1.29 is 19.7 Å². The Morgan fingerprint density at radius 1 is 1.50 bits per heavy atom. The third-order valence-corrected chi connectivity index (χ3v) is 1.97. The molecular weight excluding hydrogens is 210 g/mol. The van der Waals surface area contributed by atoms with Crippen LogP contribution in [0, 0.1) is 11.3 Å². The highest BCUT2D eigenvalue weighted by Crippen LogP contribution is 2.19. The van der Waals surface area contributed by atoms with Crippen LogP contribution in [0.3, 0.4) is 0 Å². The molecule has 0 aliphatic heterocycles. The zero-order chi connectivity index (χ0) is 12.2. The van der Waals surface area contributed by atoms with Gasteiger partial charge in [-0.15, -0.1) is 0 Å². The molecule has 1 aromatic carbocycles. The van der Waals surface area contributed by atoms with Gasteiger partial charge in [-0.2, -0.15) is 5.26 Å². The normalized spacial score (nSPS) is 15.6. The monoisotopic (exact) mass is 221 g/mol. The first kappa shape index (κ1) is 12.2. The van der Waals surface area contributed by atoms with E-state index in [0.717, 1.165) is 0 Å². The van der Waals surface area contributed by atoms with E-state index >= 15 is 0 Å². The Balaban J connectivity index is 2.80. The van der Waals surface area contributed by atoms with Crippen LogP contribution in [0.15, 0.2) is 24.3 Å². The number of ether oxygens (including phenoxy) is 1. The van der Waals surface area contributed by atoms with E-state index in [-0.39, 0.29) is 5.75 Å². The summed E-state index contributed by atoms with van der Waals surface area (Å²) in [5.41, 5.74) is 0.466. The van der Waals surface area contributed by atoms with E-state index in [1.807, 2.05) is 0 Å². The Labute approximate surface area is 92.5 Å². The fourth-order valence-electron chi connectivity index (χ4n) is 1.03. The molecule has 2 unspecified atom stereocenters. The van der Waals surface area contributed by atoms with Gasteiger partial charge in [-0.25, -0.2) is 0 Å². The van der Waals surface area contributed by atoms with Crippen LogP contribution in [-0.2, 0) is 0 Å². The average molecular weight is 221 g/mol. The SMILES string of the molecule is CC(O)(Oc1ccc(C=O)cc1)C(O)C#N. The molecule has 0 aliphatic carbocycles. The van der Waals surface area contributed by atoms with Crippen LogP contribution < -0.4 is 4.74 Å². The smallest absolute Gasteiger partial charge is 0.245 e. The number of nitrogens with zero attached hydrogens (tertiary/aromatic N) is 1. The van der Waals surface area contributed by atoms with Crippen LogP contribution in [0.2, 0.25) is 0 Å². The van der Waals surface area contributed by atoms with Gasteiger partial charge in [0.2, 0.25) is 11.9 Å². The van der Waals surface area contributed by atoms with E-state index in [4.69, 9.17) is 15.1 Å². The lowest BCUT2D eigenvalue weighted by molar-refractivity contribution is -0.174. The zero-order valence-electron chi connectivity index (χ0n) is 8.62. The second kappa shape index (κ2) is 4.75. The molecule has 5 heteroatoms. The van der Waals surface area contributed by atoms with Crippen LogP contribution in [0.1, 0.15) is 17.3 Å². The molecule has 16 heavy (non-hydrogen) atoms. The molecule has 0 saturated carbocycles. The molecule has 0 heterocycles. The van der Waals surface area contributed by atoms with Gasteiger partial charge in [0.1, 0.15) is 18.1 Å². The molecule has 1 aromatic rings. The van der Waals surface area contributed by atoms with Crippen molar-refractivity contribution in [3.05, 3.63) is 29.8 Å². The lowest BCUT2D eigenvalue weighted by Gasteiger charge is -2.25. The fraction of sp³-hybridized carbons (Fsp3) is 0.273. The van der Waals surface area contributed by atoms with E-state index in [2.05, 4.69) is 0 Å². The van der Waals surface area contributed by atoms with E-state index in [9.17, 15) is 9.90 Å². The van der Waals surface area contributed by atoms with Gasteiger partial charge in [-0.1, -0.05) is 0 Å². The van der Waals surface area contributed by atoms with E-state index < -0.39 is 11.9 Å². The minimum atomic E-state index is -1.99. The first-order valence-electron chi connectivity index (χ1n) is 4.54. The highest BCUT2D eigenvalue weighted by atomic mass is 16.6.